The second-order valence-electron chi connectivity index (χ2n) is 6.56. The van der Waals surface area contributed by atoms with Crippen LogP contribution >= 0.6 is 0 Å². The molecule has 28 heavy (non-hydrogen) atoms. The topological polar surface area (TPSA) is 58.6 Å². The van der Waals surface area contributed by atoms with Gasteiger partial charge in [0.15, 0.2) is 6.61 Å². The van der Waals surface area contributed by atoms with Crippen molar-refractivity contribution in [3.63, 3.8) is 0 Å². The third-order valence-electron chi connectivity index (χ3n) is 4.53. The van der Waals surface area contributed by atoms with Crippen LogP contribution in [0, 0.1) is 0 Å². The number of ether oxygens (including phenoxy) is 1. The first-order valence-corrected chi connectivity index (χ1v) is 9.33. The third kappa shape index (κ3) is 5.10. The van der Waals surface area contributed by atoms with Crippen LogP contribution in [0.5, 0.6) is 0 Å². The first-order chi connectivity index (χ1) is 13.6. The lowest BCUT2D eigenvalue weighted by Crippen LogP contribution is -2.31. The lowest BCUT2D eigenvalue weighted by molar-refractivity contribution is -0.124. The highest BCUT2D eigenvalue weighted by atomic mass is 16.5. The molecule has 0 bridgehead atoms. The summed E-state index contributed by atoms with van der Waals surface area (Å²) in [5.74, 6) is -0.785. The minimum Gasteiger partial charge on any atom is -0.452 e. The molecular formula is C23H24N2O3. The van der Waals surface area contributed by atoms with Crippen molar-refractivity contribution in [1.82, 2.24) is 5.32 Å². The minimum absolute atomic E-state index is 0.281. The Balaban J connectivity index is 1.41. The van der Waals surface area contributed by atoms with Gasteiger partial charge in [-0.05, 0) is 35.4 Å². The molecule has 1 N–H and O–H groups in total. The molecule has 0 saturated carbocycles. The average molecular weight is 376 g/mol. The number of nitrogens with zero attached hydrogens (tertiary/aromatic N) is 1. The Morgan fingerprint density at radius 2 is 1.64 bits per heavy atom. The fourth-order valence-corrected chi connectivity index (χ4v) is 3.02. The minimum atomic E-state index is -0.490. The van der Waals surface area contributed by atoms with Crippen LogP contribution < -0.4 is 10.2 Å². The first kappa shape index (κ1) is 19.4. The molecule has 0 aromatic heterocycles. The van der Waals surface area contributed by atoms with Crippen molar-refractivity contribution < 1.29 is 14.3 Å². The van der Waals surface area contributed by atoms with E-state index in [1.54, 1.807) is 6.07 Å². The highest BCUT2D eigenvalue weighted by Crippen LogP contribution is 2.19. The second kappa shape index (κ2) is 9.55. The van der Waals surface area contributed by atoms with Crippen LogP contribution in [0.3, 0.4) is 0 Å². The van der Waals surface area contributed by atoms with E-state index in [0.717, 1.165) is 29.4 Å². The van der Waals surface area contributed by atoms with E-state index in [4.69, 9.17) is 4.74 Å². The number of hydrogen-bond acceptors (Lipinski definition) is 4. The molecule has 0 saturated heterocycles. The molecule has 0 aliphatic carbocycles. The van der Waals surface area contributed by atoms with E-state index in [0.29, 0.717) is 12.1 Å². The van der Waals surface area contributed by atoms with Gasteiger partial charge in [0.1, 0.15) is 0 Å². The number of carbonyl (C=O) groups excluding carboxylic acids is 2. The molecule has 0 aliphatic heterocycles. The molecule has 0 fully saturated rings. The largest absolute Gasteiger partial charge is 0.452 e. The van der Waals surface area contributed by atoms with Crippen LogP contribution in [-0.2, 0) is 9.53 Å². The van der Waals surface area contributed by atoms with Crippen molar-refractivity contribution in [3.8, 4) is 0 Å². The van der Waals surface area contributed by atoms with Gasteiger partial charge in [0.05, 0.1) is 5.56 Å². The molecule has 5 heteroatoms. The molecule has 3 rings (SSSR count). The number of esters is 1. The molecule has 0 radical (unpaired) electrons. The van der Waals surface area contributed by atoms with E-state index < -0.39 is 5.97 Å². The number of carbonyl (C=O) groups is 2. The molecule has 0 heterocycles. The fraction of sp³-hybridized carbons (Fsp3) is 0.217. The Hall–Kier alpha value is -3.34. The smallest absolute Gasteiger partial charge is 0.339 e. The summed E-state index contributed by atoms with van der Waals surface area (Å²) < 4.78 is 5.18. The number of rotatable bonds is 8. The van der Waals surface area contributed by atoms with Gasteiger partial charge in [-0.2, -0.15) is 0 Å². The lowest BCUT2D eigenvalue weighted by Gasteiger charge is -2.19. The van der Waals surface area contributed by atoms with Gasteiger partial charge in [-0.1, -0.05) is 54.6 Å². The fourth-order valence-electron chi connectivity index (χ4n) is 3.02. The van der Waals surface area contributed by atoms with E-state index in [1.165, 1.54) is 0 Å². The van der Waals surface area contributed by atoms with Crippen LogP contribution in [0.2, 0.25) is 0 Å². The van der Waals surface area contributed by atoms with Crippen molar-refractivity contribution in [2.24, 2.45) is 0 Å². The molecule has 0 spiro atoms. The predicted octanol–water partition coefficient (Wildman–Crippen LogP) is 3.64. The highest BCUT2D eigenvalue weighted by Gasteiger charge is 2.13. The Labute approximate surface area is 164 Å². The number of amides is 1. The summed E-state index contributed by atoms with van der Waals surface area (Å²) >= 11 is 0. The maximum atomic E-state index is 12.3. The molecule has 0 unspecified atom stereocenters. The van der Waals surface area contributed by atoms with Crippen molar-refractivity contribution in [3.05, 3.63) is 78.4 Å². The molecule has 3 aromatic rings. The Morgan fingerprint density at radius 3 is 2.46 bits per heavy atom. The molecule has 3 aromatic carbocycles. The molecule has 0 atom stereocenters. The predicted molar refractivity (Wildman–Crippen MR) is 112 cm³/mol. The van der Waals surface area contributed by atoms with E-state index in [1.807, 2.05) is 73.8 Å². The second-order valence-corrected chi connectivity index (χ2v) is 6.56. The maximum absolute atomic E-state index is 12.3. The van der Waals surface area contributed by atoms with E-state index >= 15 is 0 Å². The summed E-state index contributed by atoms with van der Waals surface area (Å²) in [5, 5.41) is 4.57. The van der Waals surface area contributed by atoms with Crippen LogP contribution in [0.4, 0.5) is 5.69 Å². The van der Waals surface area contributed by atoms with Gasteiger partial charge >= 0.3 is 5.97 Å². The summed E-state index contributed by atoms with van der Waals surface area (Å²) in [5.41, 5.74) is 1.60. The van der Waals surface area contributed by atoms with Gasteiger partial charge in [-0.15, -0.1) is 0 Å². The normalized spacial score (nSPS) is 10.5. The number of anilines is 1. The van der Waals surface area contributed by atoms with Crippen molar-refractivity contribution >= 4 is 28.3 Å². The number of fused-ring (bicyclic) bond motifs is 1. The highest BCUT2D eigenvalue weighted by molar-refractivity contribution is 6.04. The molecule has 1 amide bonds. The molecule has 5 nitrogen and oxygen atoms in total. The number of nitrogens with one attached hydrogen (secondary N) is 1. The van der Waals surface area contributed by atoms with E-state index in [2.05, 4.69) is 10.2 Å². The zero-order valence-corrected chi connectivity index (χ0v) is 15.9. The Morgan fingerprint density at radius 1 is 0.929 bits per heavy atom. The summed E-state index contributed by atoms with van der Waals surface area (Å²) in [7, 11) is 2.02. The van der Waals surface area contributed by atoms with Gasteiger partial charge in [-0.25, -0.2) is 4.79 Å². The van der Waals surface area contributed by atoms with Gasteiger partial charge in [0, 0.05) is 25.8 Å². The molecular weight excluding hydrogens is 352 g/mol. The van der Waals surface area contributed by atoms with Crippen LogP contribution in [-0.4, -0.2) is 38.6 Å². The zero-order valence-electron chi connectivity index (χ0n) is 15.9. The van der Waals surface area contributed by atoms with Crippen LogP contribution in [0.25, 0.3) is 10.8 Å². The first-order valence-electron chi connectivity index (χ1n) is 9.33. The number of benzene rings is 3. The van der Waals surface area contributed by atoms with Gasteiger partial charge < -0.3 is 15.0 Å². The molecule has 0 aliphatic rings. The summed E-state index contributed by atoms with van der Waals surface area (Å²) in [6.07, 6.45) is 0.800. The van der Waals surface area contributed by atoms with E-state index in [9.17, 15) is 9.59 Å². The SMILES string of the molecule is CN(CCCNC(=O)COC(=O)c1cccc2ccccc12)c1ccccc1. The van der Waals surface area contributed by atoms with E-state index in [-0.39, 0.29) is 12.5 Å². The number of hydrogen-bond donors (Lipinski definition) is 1. The summed E-state index contributed by atoms with van der Waals surface area (Å²) in [4.78, 5) is 26.4. The van der Waals surface area contributed by atoms with Gasteiger partial charge in [-0.3, -0.25) is 4.79 Å². The third-order valence-corrected chi connectivity index (χ3v) is 4.53. The van der Waals surface area contributed by atoms with Crippen LogP contribution in [0.15, 0.2) is 72.8 Å². The Kier molecular flexibility index (Phi) is 6.63. The molecule has 144 valence electrons. The maximum Gasteiger partial charge on any atom is 0.339 e. The monoisotopic (exact) mass is 376 g/mol. The standard InChI is InChI=1S/C23H24N2O3/c1-25(19-11-3-2-4-12-19)16-8-15-24-22(26)17-28-23(27)21-14-7-10-18-9-5-6-13-20(18)21/h2-7,9-14H,8,15-17H2,1H3,(H,24,26). The van der Waals surface area contributed by atoms with Gasteiger partial charge in [0.25, 0.3) is 5.91 Å². The van der Waals surface area contributed by atoms with Crippen molar-refractivity contribution in [2.75, 3.05) is 31.6 Å². The van der Waals surface area contributed by atoms with Crippen molar-refractivity contribution in [1.29, 1.82) is 0 Å². The quantitative estimate of drug-likeness (QED) is 0.482. The summed E-state index contributed by atoms with van der Waals surface area (Å²) in [6.45, 7) is 1.07. The summed E-state index contributed by atoms with van der Waals surface area (Å²) in [6, 6.07) is 23.1. The number of para-hydroxylation sites is 1. The van der Waals surface area contributed by atoms with Crippen LogP contribution in [0.1, 0.15) is 16.8 Å². The van der Waals surface area contributed by atoms with Gasteiger partial charge in [0.2, 0.25) is 0 Å². The Bertz CT molecular complexity index is 935. The lowest BCUT2D eigenvalue weighted by atomic mass is 10.1. The van der Waals surface area contributed by atoms with Crippen molar-refractivity contribution in [2.45, 2.75) is 6.42 Å². The zero-order chi connectivity index (χ0) is 19.8. The average Bonchev–Trinajstić information content (AvgIpc) is 2.75.